The maximum absolute atomic E-state index is 12.9. The van der Waals surface area contributed by atoms with Gasteiger partial charge in [0.1, 0.15) is 5.82 Å². The molecule has 0 aliphatic carbocycles. The lowest BCUT2D eigenvalue weighted by Crippen LogP contribution is -2.01. The molecule has 0 amide bonds. The molecule has 0 atom stereocenters. The number of halogens is 1. The second kappa shape index (κ2) is 5.34. The first-order chi connectivity index (χ1) is 8.25. The number of Topliss-reactive ketones (excluding diaryl/α,β-unsaturated/α-hetero) is 1. The van der Waals surface area contributed by atoms with E-state index in [1.165, 1.54) is 12.1 Å². The van der Waals surface area contributed by atoms with E-state index in [9.17, 15) is 9.18 Å². The number of aryl methyl sites for hydroxylation is 1. The lowest BCUT2D eigenvalue weighted by molar-refractivity contribution is 0.0982. The van der Waals surface area contributed by atoms with Gasteiger partial charge < -0.3 is 0 Å². The average Bonchev–Trinajstić information content (AvgIpc) is 2.37. The third-order valence-electron chi connectivity index (χ3n) is 2.54. The van der Waals surface area contributed by atoms with Crippen molar-refractivity contribution >= 4 is 5.78 Å². The minimum atomic E-state index is -0.375. The number of hydrogen-bond acceptors (Lipinski definition) is 2. The van der Waals surface area contributed by atoms with E-state index in [0.717, 1.165) is 5.56 Å². The number of rotatable bonds is 4. The molecule has 1 aromatic carbocycles. The summed E-state index contributed by atoms with van der Waals surface area (Å²) in [5.74, 6) is -0.416. The maximum Gasteiger partial charge on any atom is 0.163 e. The molecular weight excluding hydrogens is 217 g/mol. The van der Waals surface area contributed by atoms with Gasteiger partial charge >= 0.3 is 0 Å². The van der Waals surface area contributed by atoms with Crippen LogP contribution in [0.25, 0.3) is 0 Å². The van der Waals surface area contributed by atoms with E-state index in [1.54, 1.807) is 24.5 Å². The molecular formula is C14H12FNO. The second-order valence-electron chi connectivity index (χ2n) is 3.79. The van der Waals surface area contributed by atoms with Crippen molar-refractivity contribution in [3.05, 3.63) is 65.7 Å². The van der Waals surface area contributed by atoms with Crippen LogP contribution in [0.15, 0.2) is 48.8 Å². The zero-order chi connectivity index (χ0) is 12.1. The van der Waals surface area contributed by atoms with Gasteiger partial charge in [0, 0.05) is 24.4 Å². The number of hydrogen-bond donors (Lipinski definition) is 0. The molecule has 0 aliphatic rings. The predicted molar refractivity (Wildman–Crippen MR) is 63.3 cm³/mol. The van der Waals surface area contributed by atoms with Gasteiger partial charge in [0.05, 0.1) is 0 Å². The Bertz CT molecular complexity index is 511. The number of nitrogens with zero attached hydrogens (tertiary/aromatic N) is 1. The van der Waals surface area contributed by atoms with Gasteiger partial charge in [-0.15, -0.1) is 0 Å². The quantitative estimate of drug-likeness (QED) is 0.754. The van der Waals surface area contributed by atoms with Crippen LogP contribution in [-0.4, -0.2) is 10.8 Å². The van der Waals surface area contributed by atoms with Gasteiger partial charge in [0.25, 0.3) is 0 Å². The van der Waals surface area contributed by atoms with Crippen LogP contribution in [0.1, 0.15) is 22.3 Å². The highest BCUT2D eigenvalue weighted by Gasteiger charge is 2.06. The summed E-state index contributed by atoms with van der Waals surface area (Å²) in [6.07, 6.45) is 4.43. The molecule has 1 aromatic heterocycles. The van der Waals surface area contributed by atoms with Crippen LogP contribution in [0.4, 0.5) is 4.39 Å². The van der Waals surface area contributed by atoms with Gasteiger partial charge in [-0.3, -0.25) is 9.78 Å². The molecule has 0 radical (unpaired) electrons. The summed E-state index contributed by atoms with van der Waals surface area (Å²) in [7, 11) is 0. The summed E-state index contributed by atoms with van der Waals surface area (Å²) in [6.45, 7) is 0. The zero-order valence-corrected chi connectivity index (χ0v) is 9.27. The highest BCUT2D eigenvalue weighted by molar-refractivity contribution is 5.96. The first-order valence-corrected chi connectivity index (χ1v) is 5.43. The zero-order valence-electron chi connectivity index (χ0n) is 9.27. The van der Waals surface area contributed by atoms with E-state index in [0.29, 0.717) is 18.4 Å². The van der Waals surface area contributed by atoms with Crippen molar-refractivity contribution in [3.8, 4) is 0 Å². The van der Waals surface area contributed by atoms with Gasteiger partial charge in [-0.1, -0.05) is 12.1 Å². The minimum Gasteiger partial charge on any atom is -0.294 e. The Morgan fingerprint density at radius 2 is 1.94 bits per heavy atom. The van der Waals surface area contributed by atoms with Crippen LogP contribution in [0.3, 0.4) is 0 Å². The van der Waals surface area contributed by atoms with Crippen molar-refractivity contribution in [1.29, 1.82) is 0 Å². The van der Waals surface area contributed by atoms with E-state index in [1.807, 2.05) is 12.1 Å². The fourth-order valence-electron chi connectivity index (χ4n) is 1.61. The van der Waals surface area contributed by atoms with Gasteiger partial charge in [0.15, 0.2) is 5.78 Å². The molecule has 0 aliphatic heterocycles. The maximum atomic E-state index is 12.9. The van der Waals surface area contributed by atoms with Gasteiger partial charge in [-0.2, -0.15) is 0 Å². The smallest absolute Gasteiger partial charge is 0.163 e. The van der Waals surface area contributed by atoms with Crippen molar-refractivity contribution in [2.45, 2.75) is 12.8 Å². The van der Waals surface area contributed by atoms with Gasteiger partial charge in [0.2, 0.25) is 0 Å². The van der Waals surface area contributed by atoms with Crippen molar-refractivity contribution < 1.29 is 9.18 Å². The molecule has 86 valence electrons. The summed E-state index contributed by atoms with van der Waals surface area (Å²) in [6, 6.07) is 9.54. The van der Waals surface area contributed by atoms with Crippen LogP contribution in [0.2, 0.25) is 0 Å². The van der Waals surface area contributed by atoms with Crippen molar-refractivity contribution in [2.24, 2.45) is 0 Å². The van der Waals surface area contributed by atoms with Gasteiger partial charge in [-0.25, -0.2) is 4.39 Å². The highest BCUT2D eigenvalue weighted by atomic mass is 19.1. The van der Waals surface area contributed by atoms with Crippen LogP contribution < -0.4 is 0 Å². The Labute approximate surface area is 99.1 Å². The van der Waals surface area contributed by atoms with E-state index in [-0.39, 0.29) is 11.6 Å². The third-order valence-corrected chi connectivity index (χ3v) is 2.54. The molecule has 0 fully saturated rings. The fourth-order valence-corrected chi connectivity index (χ4v) is 1.61. The number of carbonyl (C=O) groups excluding carboxylic acids is 1. The monoisotopic (exact) mass is 229 g/mol. The summed E-state index contributed by atoms with van der Waals surface area (Å²) in [4.78, 5) is 15.7. The van der Waals surface area contributed by atoms with E-state index in [4.69, 9.17) is 0 Å². The van der Waals surface area contributed by atoms with E-state index in [2.05, 4.69) is 4.98 Å². The number of benzene rings is 1. The summed E-state index contributed by atoms with van der Waals surface area (Å²) in [5.41, 5.74) is 1.49. The van der Waals surface area contributed by atoms with Gasteiger partial charge in [-0.05, 0) is 36.2 Å². The lowest BCUT2D eigenvalue weighted by Gasteiger charge is -2.01. The minimum absolute atomic E-state index is 0.0405. The molecule has 0 spiro atoms. The molecule has 1 heterocycles. The molecule has 0 bridgehead atoms. The first kappa shape index (κ1) is 11.5. The number of pyridine rings is 1. The van der Waals surface area contributed by atoms with E-state index >= 15 is 0 Å². The SMILES string of the molecule is O=C(CCc1ccncc1)c1cccc(F)c1. The Morgan fingerprint density at radius 1 is 1.18 bits per heavy atom. The highest BCUT2D eigenvalue weighted by Crippen LogP contribution is 2.09. The summed E-state index contributed by atoms with van der Waals surface area (Å²) < 4.78 is 12.9. The number of carbonyl (C=O) groups is 1. The van der Waals surface area contributed by atoms with Crippen LogP contribution in [0.5, 0.6) is 0 Å². The van der Waals surface area contributed by atoms with Crippen molar-refractivity contribution in [3.63, 3.8) is 0 Å². The Hall–Kier alpha value is -2.03. The molecule has 0 N–H and O–H groups in total. The lowest BCUT2D eigenvalue weighted by atomic mass is 10.0. The molecule has 0 unspecified atom stereocenters. The molecule has 2 rings (SSSR count). The predicted octanol–water partition coefficient (Wildman–Crippen LogP) is 3.04. The van der Waals surface area contributed by atoms with Crippen LogP contribution in [-0.2, 0) is 6.42 Å². The van der Waals surface area contributed by atoms with Crippen LogP contribution in [0, 0.1) is 5.82 Å². The third kappa shape index (κ3) is 3.21. The molecule has 2 nitrogen and oxygen atoms in total. The average molecular weight is 229 g/mol. The normalized spacial score (nSPS) is 10.2. The largest absolute Gasteiger partial charge is 0.294 e. The van der Waals surface area contributed by atoms with Crippen LogP contribution >= 0.6 is 0 Å². The second-order valence-corrected chi connectivity index (χ2v) is 3.79. The number of ketones is 1. The Morgan fingerprint density at radius 3 is 2.65 bits per heavy atom. The van der Waals surface area contributed by atoms with Crippen molar-refractivity contribution in [1.82, 2.24) is 4.98 Å². The molecule has 17 heavy (non-hydrogen) atoms. The Kier molecular flexibility index (Phi) is 3.60. The molecule has 0 saturated heterocycles. The molecule has 2 aromatic rings. The summed E-state index contributed by atoms with van der Waals surface area (Å²) in [5, 5.41) is 0. The fraction of sp³-hybridized carbons (Fsp3) is 0.143. The number of aromatic nitrogens is 1. The topological polar surface area (TPSA) is 30.0 Å². The first-order valence-electron chi connectivity index (χ1n) is 5.43. The Balaban J connectivity index is 1.98. The summed E-state index contributed by atoms with van der Waals surface area (Å²) >= 11 is 0. The standard InChI is InChI=1S/C14H12FNO/c15-13-3-1-2-12(10-13)14(17)5-4-11-6-8-16-9-7-11/h1-3,6-10H,4-5H2. The van der Waals surface area contributed by atoms with Crippen molar-refractivity contribution in [2.75, 3.05) is 0 Å². The van der Waals surface area contributed by atoms with E-state index < -0.39 is 0 Å². The molecule has 0 saturated carbocycles. The molecule has 3 heteroatoms.